The summed E-state index contributed by atoms with van der Waals surface area (Å²) in [6.45, 7) is 2.60. The third-order valence-corrected chi connectivity index (χ3v) is 6.14. The summed E-state index contributed by atoms with van der Waals surface area (Å²) >= 11 is 1.43. The smallest absolute Gasteiger partial charge is 0.324 e. The van der Waals surface area contributed by atoms with Gasteiger partial charge in [-0.15, -0.1) is 11.3 Å². The number of thiazole rings is 1. The van der Waals surface area contributed by atoms with E-state index in [0.29, 0.717) is 24.6 Å². The largest absolute Gasteiger partial charge is 0.332 e. The molecule has 0 spiro atoms. The minimum Gasteiger partial charge on any atom is -0.332 e. The molecule has 0 saturated carbocycles. The lowest BCUT2D eigenvalue weighted by Gasteiger charge is -2.38. The van der Waals surface area contributed by atoms with Crippen LogP contribution in [0.2, 0.25) is 0 Å². The average Bonchev–Trinajstić information content (AvgIpc) is 3.33. The van der Waals surface area contributed by atoms with Crippen LogP contribution >= 0.6 is 11.3 Å². The quantitative estimate of drug-likeness (QED) is 0.695. The van der Waals surface area contributed by atoms with Gasteiger partial charge in [-0.1, -0.05) is 12.1 Å². The first-order valence-electron chi connectivity index (χ1n) is 8.82. The molecule has 9 heteroatoms. The Bertz CT molecular complexity index is 1000. The van der Waals surface area contributed by atoms with Crippen molar-refractivity contribution in [2.24, 2.45) is 0 Å². The van der Waals surface area contributed by atoms with Crippen LogP contribution in [0.15, 0.2) is 36.7 Å². The molecule has 2 saturated heterocycles. The molecule has 0 unspecified atom stereocenters. The van der Waals surface area contributed by atoms with E-state index >= 15 is 0 Å². The van der Waals surface area contributed by atoms with Gasteiger partial charge in [-0.05, 0) is 12.1 Å². The fraction of sp³-hybridized carbons (Fsp3) is 0.333. The molecule has 8 nitrogen and oxygen atoms in total. The minimum atomic E-state index is -0.0313. The number of hydrogen-bond donors (Lipinski definition) is 0. The minimum absolute atomic E-state index is 0.00389. The van der Waals surface area contributed by atoms with Crippen LogP contribution < -0.4 is 4.90 Å². The number of hydrogen-bond acceptors (Lipinski definition) is 5. The van der Waals surface area contributed by atoms with Crippen LogP contribution in [0.3, 0.4) is 0 Å². The van der Waals surface area contributed by atoms with Crippen molar-refractivity contribution in [2.75, 3.05) is 38.1 Å². The van der Waals surface area contributed by atoms with Gasteiger partial charge in [0.15, 0.2) is 5.01 Å². The zero-order valence-corrected chi connectivity index (χ0v) is 15.6. The summed E-state index contributed by atoms with van der Waals surface area (Å²) in [6.07, 6.45) is 3.61. The van der Waals surface area contributed by atoms with Gasteiger partial charge >= 0.3 is 6.03 Å². The number of carbonyl (C=O) groups is 2. The van der Waals surface area contributed by atoms with Gasteiger partial charge in [-0.3, -0.25) is 14.4 Å². The number of nitrogens with zero attached hydrogens (tertiary/aromatic N) is 6. The van der Waals surface area contributed by atoms with Gasteiger partial charge in [0.1, 0.15) is 0 Å². The Hall–Kier alpha value is -2.94. The zero-order valence-electron chi connectivity index (χ0n) is 14.8. The molecule has 0 radical (unpaired) electrons. The molecule has 3 aromatic rings. The van der Waals surface area contributed by atoms with E-state index in [1.165, 1.54) is 11.3 Å². The molecule has 2 aromatic heterocycles. The first kappa shape index (κ1) is 16.2. The number of benzene rings is 1. The predicted octanol–water partition coefficient (Wildman–Crippen LogP) is 2.06. The summed E-state index contributed by atoms with van der Waals surface area (Å²) in [5.74, 6) is -0.0313. The van der Waals surface area contributed by atoms with Crippen LogP contribution in [0.5, 0.6) is 0 Å². The summed E-state index contributed by atoms with van der Waals surface area (Å²) in [7, 11) is 1.80. The van der Waals surface area contributed by atoms with Crippen LogP contribution in [0.25, 0.3) is 10.2 Å². The van der Waals surface area contributed by atoms with Crippen LogP contribution in [-0.4, -0.2) is 69.7 Å². The number of anilines is 1. The molecule has 5 rings (SSSR count). The number of amides is 3. The number of rotatable bonds is 3. The second-order valence-electron chi connectivity index (χ2n) is 6.89. The fourth-order valence-corrected chi connectivity index (χ4v) is 4.37. The van der Waals surface area contributed by atoms with Crippen molar-refractivity contribution in [1.29, 1.82) is 0 Å². The highest BCUT2D eigenvalue weighted by Gasteiger charge is 2.35. The number of carbonyl (C=O) groups excluding carboxylic acids is 2. The van der Waals surface area contributed by atoms with E-state index < -0.39 is 0 Å². The number of aromatic nitrogens is 3. The predicted molar refractivity (Wildman–Crippen MR) is 102 cm³/mol. The first-order chi connectivity index (χ1) is 13.1. The van der Waals surface area contributed by atoms with Crippen LogP contribution in [-0.2, 0) is 0 Å². The molecule has 2 fully saturated rings. The second-order valence-corrected chi connectivity index (χ2v) is 7.92. The Morgan fingerprint density at radius 3 is 2.78 bits per heavy atom. The van der Waals surface area contributed by atoms with Crippen LogP contribution in [0.4, 0.5) is 10.5 Å². The van der Waals surface area contributed by atoms with Gasteiger partial charge in [0.05, 0.1) is 28.1 Å². The second kappa shape index (κ2) is 6.05. The molecule has 0 aliphatic carbocycles. The molecule has 27 heavy (non-hydrogen) atoms. The number of para-hydroxylation sites is 1. The Labute approximate surface area is 159 Å². The maximum Gasteiger partial charge on any atom is 0.324 e. The lowest BCUT2D eigenvalue weighted by molar-refractivity contribution is 0.0501. The summed E-state index contributed by atoms with van der Waals surface area (Å²) in [6, 6.07) is 7.90. The molecule has 2 aliphatic heterocycles. The number of fused-ring (bicyclic) bond motifs is 1. The van der Waals surface area contributed by atoms with Crippen molar-refractivity contribution < 1.29 is 9.59 Å². The van der Waals surface area contributed by atoms with Crippen molar-refractivity contribution in [3.63, 3.8) is 0 Å². The van der Waals surface area contributed by atoms with Gasteiger partial charge in [0.25, 0.3) is 5.91 Å². The first-order valence-corrected chi connectivity index (χ1v) is 9.63. The van der Waals surface area contributed by atoms with Crippen molar-refractivity contribution in [1.82, 2.24) is 24.6 Å². The molecule has 0 atom stereocenters. The zero-order chi connectivity index (χ0) is 18.5. The molecule has 138 valence electrons. The maximum absolute atomic E-state index is 12.7. The highest BCUT2D eigenvalue weighted by molar-refractivity contribution is 7.20. The average molecular weight is 382 g/mol. The highest BCUT2D eigenvalue weighted by atomic mass is 32.1. The van der Waals surface area contributed by atoms with E-state index in [9.17, 15) is 9.59 Å². The summed E-state index contributed by atoms with van der Waals surface area (Å²) in [5.41, 5.74) is 1.67. The van der Waals surface area contributed by atoms with Gasteiger partial charge in [-0.2, -0.15) is 5.10 Å². The van der Waals surface area contributed by atoms with Crippen molar-refractivity contribution in [3.05, 3.63) is 41.7 Å². The molecule has 1 aromatic carbocycles. The Morgan fingerprint density at radius 2 is 2.04 bits per heavy atom. The van der Waals surface area contributed by atoms with E-state index in [4.69, 9.17) is 0 Å². The monoisotopic (exact) mass is 382 g/mol. The van der Waals surface area contributed by atoms with Gasteiger partial charge < -0.3 is 9.80 Å². The number of likely N-dealkylation sites (tertiary alicyclic amines) is 1. The SMILES string of the molecule is CN1CCN(c2cnn(C3CN(C(=O)c4nc5ccccc5s4)C3)c2)C1=O. The van der Waals surface area contributed by atoms with Crippen molar-refractivity contribution >= 4 is 39.2 Å². The highest BCUT2D eigenvalue weighted by Crippen LogP contribution is 2.28. The summed E-state index contributed by atoms with van der Waals surface area (Å²) in [4.78, 5) is 34.4. The summed E-state index contributed by atoms with van der Waals surface area (Å²) in [5, 5.41) is 4.93. The molecule has 3 amide bonds. The maximum atomic E-state index is 12.7. The topological polar surface area (TPSA) is 74.6 Å². The molecule has 4 heterocycles. The van der Waals surface area contributed by atoms with Crippen molar-refractivity contribution in [3.8, 4) is 0 Å². The molecule has 0 N–H and O–H groups in total. The van der Waals surface area contributed by atoms with Crippen LogP contribution in [0, 0.1) is 0 Å². The molecule has 2 aliphatic rings. The Morgan fingerprint density at radius 1 is 1.22 bits per heavy atom. The lowest BCUT2D eigenvalue weighted by Crippen LogP contribution is -2.50. The third-order valence-electron chi connectivity index (χ3n) is 5.12. The number of likely N-dealkylation sites (N-methyl/N-ethyl adjacent to an activating group) is 1. The molecular formula is C18H18N6O2S. The normalized spacial score (nSPS) is 17.8. The number of urea groups is 1. The van der Waals surface area contributed by atoms with Gasteiger partial charge in [0, 0.05) is 39.4 Å². The van der Waals surface area contributed by atoms with Gasteiger partial charge in [-0.25, -0.2) is 9.78 Å². The van der Waals surface area contributed by atoms with Crippen LogP contribution in [0.1, 0.15) is 15.8 Å². The standard InChI is InChI=1S/C18H18N6O2S/c1-21-6-7-23(18(21)26)12-8-19-24(11-12)13-9-22(10-13)17(25)16-20-14-4-2-3-5-15(14)27-16/h2-5,8,11,13H,6-7,9-10H2,1H3. The molecular weight excluding hydrogens is 364 g/mol. The third kappa shape index (κ3) is 2.66. The van der Waals surface area contributed by atoms with E-state index in [1.807, 2.05) is 35.1 Å². The van der Waals surface area contributed by atoms with E-state index in [0.717, 1.165) is 22.4 Å². The van der Waals surface area contributed by atoms with E-state index in [1.54, 1.807) is 27.9 Å². The van der Waals surface area contributed by atoms with E-state index in [2.05, 4.69) is 10.1 Å². The fourth-order valence-electron chi connectivity index (χ4n) is 3.44. The van der Waals surface area contributed by atoms with Gasteiger partial charge in [0.2, 0.25) is 0 Å². The summed E-state index contributed by atoms with van der Waals surface area (Å²) < 4.78 is 2.87. The molecule has 0 bridgehead atoms. The Kier molecular flexibility index (Phi) is 3.64. The van der Waals surface area contributed by atoms with E-state index in [-0.39, 0.29) is 18.0 Å². The Balaban J connectivity index is 1.25. The van der Waals surface area contributed by atoms with Crippen molar-refractivity contribution in [2.45, 2.75) is 6.04 Å². The lowest BCUT2D eigenvalue weighted by atomic mass is 10.1.